The van der Waals surface area contributed by atoms with Crippen LogP contribution in [-0.2, 0) is 30.0 Å². The molecule has 0 radical (unpaired) electrons. The number of benzene rings is 1. The third kappa shape index (κ3) is 5.60. The Bertz CT molecular complexity index is 1120. The Morgan fingerprint density at radius 1 is 0.906 bits per heavy atom. The first-order valence-corrected chi connectivity index (χ1v) is 9.68. The highest BCUT2D eigenvalue weighted by Gasteiger charge is 2.32. The first-order valence-electron chi connectivity index (χ1n) is 9.68. The molecule has 0 atom stereocenters. The van der Waals surface area contributed by atoms with Crippen LogP contribution in [0.3, 0.4) is 0 Å². The first-order chi connectivity index (χ1) is 14.6. The average molecular weight is 457 g/mol. The van der Waals surface area contributed by atoms with Crippen LogP contribution in [0.2, 0.25) is 0 Å². The van der Waals surface area contributed by atoms with Gasteiger partial charge >= 0.3 is 12.4 Å². The molecule has 1 aromatic carbocycles. The molecule has 0 aliphatic carbocycles. The number of alkyl halides is 6. The minimum absolute atomic E-state index is 0.121. The van der Waals surface area contributed by atoms with E-state index in [2.05, 4.69) is 10.3 Å². The van der Waals surface area contributed by atoms with E-state index < -0.39 is 29.4 Å². The van der Waals surface area contributed by atoms with Crippen LogP contribution in [0.15, 0.2) is 42.6 Å². The van der Waals surface area contributed by atoms with Gasteiger partial charge in [-0.25, -0.2) is 4.98 Å². The van der Waals surface area contributed by atoms with E-state index in [1.807, 2.05) is 20.8 Å². The highest BCUT2D eigenvalue weighted by molar-refractivity contribution is 5.92. The van der Waals surface area contributed by atoms with Crippen molar-refractivity contribution in [3.05, 3.63) is 65.0 Å². The summed E-state index contributed by atoms with van der Waals surface area (Å²) in [6.45, 7) is 5.69. The summed E-state index contributed by atoms with van der Waals surface area (Å²) in [6.07, 6.45) is -7.97. The van der Waals surface area contributed by atoms with Crippen molar-refractivity contribution < 1.29 is 31.1 Å². The van der Waals surface area contributed by atoms with Crippen molar-refractivity contribution in [1.82, 2.24) is 9.38 Å². The number of anilines is 1. The topological polar surface area (TPSA) is 46.4 Å². The molecule has 3 aromatic rings. The van der Waals surface area contributed by atoms with Crippen LogP contribution >= 0.6 is 0 Å². The van der Waals surface area contributed by atoms with Crippen molar-refractivity contribution in [3.63, 3.8) is 0 Å². The van der Waals surface area contributed by atoms with Crippen molar-refractivity contribution in [1.29, 1.82) is 0 Å². The van der Waals surface area contributed by atoms with Crippen molar-refractivity contribution in [2.45, 2.75) is 46.0 Å². The second-order valence-corrected chi connectivity index (χ2v) is 8.71. The summed E-state index contributed by atoms with van der Waals surface area (Å²) in [5.41, 5.74) is -0.996. The molecule has 2 heterocycles. The fraction of sp³-hybridized carbons (Fsp3) is 0.364. The third-order valence-electron chi connectivity index (χ3n) is 4.65. The molecule has 1 N–H and O–H groups in total. The Morgan fingerprint density at radius 2 is 1.47 bits per heavy atom. The number of hydrogen-bond acceptors (Lipinski definition) is 2. The number of amides is 1. The predicted molar refractivity (Wildman–Crippen MR) is 107 cm³/mol. The zero-order chi connectivity index (χ0) is 23.9. The summed E-state index contributed by atoms with van der Waals surface area (Å²) in [4.78, 5) is 16.8. The van der Waals surface area contributed by atoms with E-state index in [0.717, 1.165) is 24.4 Å². The zero-order valence-corrected chi connectivity index (χ0v) is 17.5. The largest absolute Gasteiger partial charge is 0.417 e. The van der Waals surface area contributed by atoms with Crippen molar-refractivity contribution in [2.24, 2.45) is 5.41 Å². The van der Waals surface area contributed by atoms with Crippen LogP contribution in [0.5, 0.6) is 0 Å². The van der Waals surface area contributed by atoms with E-state index in [0.29, 0.717) is 17.7 Å². The van der Waals surface area contributed by atoms with E-state index in [-0.39, 0.29) is 23.3 Å². The number of carbonyl (C=O) groups is 1. The molecule has 2 aromatic heterocycles. The van der Waals surface area contributed by atoms with Crippen molar-refractivity contribution >= 4 is 17.4 Å². The summed E-state index contributed by atoms with van der Waals surface area (Å²) in [5.74, 6) is -0.421. The van der Waals surface area contributed by atoms with E-state index in [1.165, 1.54) is 22.6 Å². The molecule has 4 nitrogen and oxygen atoms in total. The van der Waals surface area contributed by atoms with Gasteiger partial charge in [0.15, 0.2) is 5.82 Å². The number of aromatic nitrogens is 2. The smallest absolute Gasteiger partial charge is 0.309 e. The zero-order valence-electron chi connectivity index (χ0n) is 17.5. The molecule has 0 spiro atoms. The van der Waals surface area contributed by atoms with Crippen LogP contribution < -0.4 is 5.32 Å². The molecule has 1 amide bonds. The summed E-state index contributed by atoms with van der Waals surface area (Å²) >= 11 is 0. The summed E-state index contributed by atoms with van der Waals surface area (Å²) in [6, 6.07) is 6.32. The molecule has 0 aliphatic rings. The number of halogens is 6. The summed E-state index contributed by atoms with van der Waals surface area (Å²) in [5, 5.41) is 2.60. The number of imidazole rings is 1. The number of fused-ring (bicyclic) bond motifs is 1. The average Bonchev–Trinajstić information content (AvgIpc) is 2.95. The molecule has 0 fully saturated rings. The van der Waals surface area contributed by atoms with Gasteiger partial charge in [0, 0.05) is 6.20 Å². The van der Waals surface area contributed by atoms with E-state index in [9.17, 15) is 31.1 Å². The normalized spacial score (nSPS) is 12.9. The number of hydrogen-bond donors (Lipinski definition) is 1. The Hall–Kier alpha value is -3.04. The third-order valence-corrected chi connectivity index (χ3v) is 4.65. The minimum Gasteiger partial charge on any atom is -0.309 e. The predicted octanol–water partition coefficient (Wildman–Crippen LogP) is 6.14. The highest BCUT2D eigenvalue weighted by Crippen LogP contribution is 2.33. The first kappa shape index (κ1) is 23.6. The molecule has 0 saturated heterocycles. The van der Waals surface area contributed by atoms with Crippen LogP contribution in [0, 0.1) is 5.41 Å². The van der Waals surface area contributed by atoms with Crippen LogP contribution in [-0.4, -0.2) is 15.3 Å². The van der Waals surface area contributed by atoms with Crippen LogP contribution in [0.4, 0.5) is 32.2 Å². The maximum atomic E-state index is 13.2. The fourth-order valence-electron chi connectivity index (χ4n) is 3.21. The van der Waals surface area contributed by atoms with E-state index >= 15 is 0 Å². The lowest BCUT2D eigenvalue weighted by Crippen LogP contribution is -2.18. The molecular weight excluding hydrogens is 436 g/mol. The van der Waals surface area contributed by atoms with Crippen LogP contribution in [0.25, 0.3) is 5.65 Å². The van der Waals surface area contributed by atoms with Gasteiger partial charge in [0.1, 0.15) is 5.65 Å². The lowest BCUT2D eigenvalue weighted by molar-refractivity contribution is -0.138. The van der Waals surface area contributed by atoms with Crippen molar-refractivity contribution in [3.8, 4) is 0 Å². The summed E-state index contributed by atoms with van der Waals surface area (Å²) < 4.78 is 78.9. The molecule has 10 heteroatoms. The monoisotopic (exact) mass is 457 g/mol. The van der Waals surface area contributed by atoms with Gasteiger partial charge in [-0.1, -0.05) is 32.9 Å². The number of nitrogens with one attached hydrogen (secondary N) is 1. The van der Waals surface area contributed by atoms with Gasteiger partial charge in [-0.15, -0.1) is 0 Å². The maximum Gasteiger partial charge on any atom is 0.417 e. The van der Waals surface area contributed by atoms with Crippen molar-refractivity contribution in [2.75, 3.05) is 5.32 Å². The Labute approximate surface area is 180 Å². The standard InChI is InChI=1S/C22H21F6N3O/c1-20(2,3)11-16-19(29-17-9-8-15(12-31(16)17)22(26,27)28)30-18(32)10-13-4-6-14(7-5-13)21(23,24)25/h4-9,12H,10-11H2,1-3H3,(H,30,32). The molecule has 32 heavy (non-hydrogen) atoms. The van der Waals surface area contributed by atoms with Gasteiger partial charge in [-0.2, -0.15) is 26.3 Å². The van der Waals surface area contributed by atoms with E-state index in [1.54, 1.807) is 0 Å². The van der Waals surface area contributed by atoms with Gasteiger partial charge in [-0.3, -0.25) is 4.79 Å². The molecule has 0 unspecified atom stereocenters. The second-order valence-electron chi connectivity index (χ2n) is 8.71. The van der Waals surface area contributed by atoms with Gasteiger partial charge in [0.05, 0.1) is 23.2 Å². The maximum absolute atomic E-state index is 13.2. The molecule has 3 rings (SSSR count). The van der Waals surface area contributed by atoms with Gasteiger partial charge in [-0.05, 0) is 41.7 Å². The summed E-state index contributed by atoms with van der Waals surface area (Å²) in [7, 11) is 0. The highest BCUT2D eigenvalue weighted by atomic mass is 19.4. The second kappa shape index (κ2) is 8.14. The fourth-order valence-corrected chi connectivity index (χ4v) is 3.21. The number of nitrogens with zero attached hydrogens (tertiary/aromatic N) is 2. The number of pyridine rings is 1. The molecule has 0 saturated carbocycles. The molecule has 172 valence electrons. The SMILES string of the molecule is CC(C)(C)Cc1c(NC(=O)Cc2ccc(C(F)(F)F)cc2)nc2ccc(C(F)(F)F)cn12. The minimum atomic E-state index is -4.54. The van der Waals surface area contributed by atoms with Gasteiger partial charge in [0.2, 0.25) is 5.91 Å². The molecule has 0 bridgehead atoms. The van der Waals surface area contributed by atoms with Crippen LogP contribution in [0.1, 0.15) is 43.2 Å². The molecular formula is C22H21F6N3O. The Kier molecular flexibility index (Phi) is 6.01. The number of rotatable bonds is 4. The van der Waals surface area contributed by atoms with E-state index in [4.69, 9.17) is 0 Å². The van der Waals surface area contributed by atoms with Gasteiger partial charge in [0.25, 0.3) is 0 Å². The molecule has 0 aliphatic heterocycles. The number of carbonyl (C=O) groups excluding carboxylic acids is 1. The van der Waals surface area contributed by atoms with Gasteiger partial charge < -0.3 is 9.72 Å². The Morgan fingerprint density at radius 3 is 2.00 bits per heavy atom. The quantitative estimate of drug-likeness (QED) is 0.479. The Balaban J connectivity index is 1.90. The lowest BCUT2D eigenvalue weighted by atomic mass is 9.90. The lowest BCUT2D eigenvalue weighted by Gasteiger charge is -2.19.